The molecule has 0 spiro atoms. The van der Waals surface area contributed by atoms with Crippen molar-refractivity contribution in [2.45, 2.75) is 26.2 Å². The van der Waals surface area contributed by atoms with Crippen molar-refractivity contribution in [1.29, 1.82) is 0 Å². The number of rotatable bonds is 6. The summed E-state index contributed by atoms with van der Waals surface area (Å²) >= 11 is 0. The molecule has 1 aliphatic heterocycles. The number of likely N-dealkylation sites (tertiary alicyclic amines) is 1. The van der Waals surface area contributed by atoms with Gasteiger partial charge in [0, 0.05) is 37.6 Å². The molecule has 1 aromatic carbocycles. The zero-order chi connectivity index (χ0) is 20.8. The number of ether oxygens (including phenoxy) is 1. The molecule has 0 atom stereocenters. The largest absolute Gasteiger partial charge is 0.415 e. The Hall–Kier alpha value is -3.35. The van der Waals surface area contributed by atoms with Crippen LogP contribution in [0.2, 0.25) is 0 Å². The summed E-state index contributed by atoms with van der Waals surface area (Å²) in [7, 11) is 0. The van der Waals surface area contributed by atoms with Crippen molar-refractivity contribution in [3.8, 4) is 5.75 Å². The molecule has 1 amide bonds. The molecule has 0 unspecified atom stereocenters. The molecule has 1 aliphatic rings. The van der Waals surface area contributed by atoms with Crippen LogP contribution in [0.15, 0.2) is 61.3 Å². The Balaban J connectivity index is 1.23. The lowest BCUT2D eigenvalue weighted by molar-refractivity contribution is 0.0541. The number of pyridine rings is 1. The highest BCUT2D eigenvalue weighted by molar-refractivity contribution is 5.70. The van der Waals surface area contributed by atoms with Crippen LogP contribution in [0.3, 0.4) is 0 Å². The van der Waals surface area contributed by atoms with Crippen LogP contribution >= 0.6 is 0 Å². The van der Waals surface area contributed by atoms with Crippen molar-refractivity contribution in [3.63, 3.8) is 0 Å². The van der Waals surface area contributed by atoms with Gasteiger partial charge >= 0.3 is 6.09 Å². The summed E-state index contributed by atoms with van der Waals surface area (Å²) in [5.74, 6) is 0.984. The van der Waals surface area contributed by atoms with Crippen LogP contribution < -0.4 is 9.57 Å². The fraction of sp³-hybridized carbons (Fsp3) is 0.348. The van der Waals surface area contributed by atoms with E-state index in [0.717, 1.165) is 30.5 Å². The Morgan fingerprint density at radius 2 is 1.93 bits per heavy atom. The number of hydrogen-bond acceptors (Lipinski definition) is 5. The average molecular weight is 406 g/mol. The van der Waals surface area contributed by atoms with Crippen molar-refractivity contribution in [2.24, 2.45) is 5.92 Å². The topological polar surface area (TPSA) is 69.5 Å². The molecule has 1 fully saturated rings. The Morgan fingerprint density at radius 3 is 2.63 bits per heavy atom. The second-order valence-electron chi connectivity index (χ2n) is 7.60. The maximum atomic E-state index is 12.5. The number of piperidine rings is 1. The number of aryl methyl sites for hydroxylation is 1. The first-order valence-corrected chi connectivity index (χ1v) is 10.2. The summed E-state index contributed by atoms with van der Waals surface area (Å²) in [6.07, 6.45) is 9.16. The third kappa shape index (κ3) is 5.17. The molecule has 2 aromatic heterocycles. The van der Waals surface area contributed by atoms with Gasteiger partial charge in [0.1, 0.15) is 18.7 Å². The van der Waals surface area contributed by atoms with Crippen molar-refractivity contribution < 1.29 is 14.4 Å². The molecular formula is C23H26N4O3. The van der Waals surface area contributed by atoms with E-state index in [9.17, 15) is 4.79 Å². The van der Waals surface area contributed by atoms with E-state index in [2.05, 4.69) is 23.0 Å². The third-order valence-corrected chi connectivity index (χ3v) is 5.43. The molecule has 0 N–H and O–H groups in total. The van der Waals surface area contributed by atoms with Gasteiger partial charge in [-0.2, -0.15) is 4.73 Å². The van der Waals surface area contributed by atoms with E-state index in [0.29, 0.717) is 31.4 Å². The minimum atomic E-state index is -0.294. The van der Waals surface area contributed by atoms with Gasteiger partial charge in [-0.25, -0.2) is 9.78 Å². The van der Waals surface area contributed by atoms with Crippen molar-refractivity contribution in [1.82, 2.24) is 19.6 Å². The summed E-state index contributed by atoms with van der Waals surface area (Å²) < 4.78 is 7.18. The summed E-state index contributed by atoms with van der Waals surface area (Å²) in [6, 6.07) is 11.7. The first-order valence-electron chi connectivity index (χ1n) is 10.2. The number of hydrogen-bond donors (Lipinski definition) is 0. The van der Waals surface area contributed by atoms with E-state index in [1.165, 1.54) is 5.56 Å². The quantitative estimate of drug-likeness (QED) is 0.627. The van der Waals surface area contributed by atoms with Crippen LogP contribution in [0, 0.1) is 12.8 Å². The first kappa shape index (κ1) is 19.9. The zero-order valence-corrected chi connectivity index (χ0v) is 17.1. The van der Waals surface area contributed by atoms with Gasteiger partial charge in [-0.05, 0) is 55.0 Å². The van der Waals surface area contributed by atoms with E-state index in [1.54, 1.807) is 28.4 Å². The minimum absolute atomic E-state index is 0.294. The van der Waals surface area contributed by atoms with Gasteiger partial charge < -0.3 is 14.5 Å². The summed E-state index contributed by atoms with van der Waals surface area (Å²) in [4.78, 5) is 28.3. The molecule has 156 valence electrons. The van der Waals surface area contributed by atoms with Crippen molar-refractivity contribution >= 4 is 6.09 Å². The number of carbonyl (C=O) groups is 1. The molecule has 3 heterocycles. The van der Waals surface area contributed by atoms with Crippen molar-refractivity contribution in [3.05, 3.63) is 78.1 Å². The van der Waals surface area contributed by atoms with Gasteiger partial charge in [0.2, 0.25) is 0 Å². The van der Waals surface area contributed by atoms with E-state index in [4.69, 9.17) is 9.57 Å². The monoisotopic (exact) mass is 406 g/mol. The van der Waals surface area contributed by atoms with Crippen molar-refractivity contribution in [2.75, 3.05) is 19.7 Å². The van der Waals surface area contributed by atoms with Crippen LogP contribution in [0.5, 0.6) is 5.75 Å². The van der Waals surface area contributed by atoms with E-state index in [-0.39, 0.29) is 6.09 Å². The molecule has 0 saturated carbocycles. The fourth-order valence-electron chi connectivity index (χ4n) is 3.53. The van der Waals surface area contributed by atoms with E-state index in [1.807, 2.05) is 36.5 Å². The number of carbonyl (C=O) groups excluding carboxylic acids is 1. The Bertz CT molecular complexity index is 949. The molecule has 7 nitrogen and oxygen atoms in total. The highest BCUT2D eigenvalue weighted by Crippen LogP contribution is 2.20. The first-order chi connectivity index (χ1) is 14.7. The predicted molar refractivity (Wildman–Crippen MR) is 112 cm³/mol. The summed E-state index contributed by atoms with van der Waals surface area (Å²) in [6.45, 7) is 4.03. The van der Waals surface area contributed by atoms with Crippen LogP contribution in [0.25, 0.3) is 0 Å². The molecule has 1 saturated heterocycles. The molecule has 4 rings (SSSR count). The van der Waals surface area contributed by atoms with Gasteiger partial charge in [0.25, 0.3) is 0 Å². The highest BCUT2D eigenvalue weighted by atomic mass is 16.7. The highest BCUT2D eigenvalue weighted by Gasteiger charge is 2.24. The average Bonchev–Trinajstić information content (AvgIpc) is 3.29. The second-order valence-corrected chi connectivity index (χ2v) is 7.60. The standard InChI is InChI=1S/C23H26N4O3/c1-18-3-2-10-25-22(18)15-19-4-6-21(7-5-19)30-23(28)26-12-8-20(9-13-26)16-29-27-14-11-24-17-27/h2-7,10-11,14,17,20H,8-9,12-13,15-16H2,1H3. The minimum Gasteiger partial charge on any atom is -0.413 e. The SMILES string of the molecule is Cc1cccnc1Cc1ccc(OC(=O)N2CCC(COn3ccnc3)CC2)cc1. The van der Waals surface area contributed by atoms with Crippen LogP contribution in [-0.4, -0.2) is 45.4 Å². The Morgan fingerprint density at radius 1 is 1.13 bits per heavy atom. The van der Waals surface area contributed by atoms with Gasteiger partial charge in [0.05, 0.1) is 6.20 Å². The molecule has 0 radical (unpaired) electrons. The van der Waals surface area contributed by atoms with Gasteiger partial charge in [-0.15, -0.1) is 0 Å². The van der Waals surface area contributed by atoms with Crippen LogP contribution in [-0.2, 0) is 6.42 Å². The number of imidazole rings is 1. The van der Waals surface area contributed by atoms with Crippen LogP contribution in [0.4, 0.5) is 4.79 Å². The van der Waals surface area contributed by atoms with E-state index < -0.39 is 0 Å². The second kappa shape index (κ2) is 9.43. The Labute approximate surface area is 176 Å². The van der Waals surface area contributed by atoms with E-state index >= 15 is 0 Å². The molecule has 0 aliphatic carbocycles. The molecular weight excluding hydrogens is 380 g/mol. The normalized spacial score (nSPS) is 14.5. The lowest BCUT2D eigenvalue weighted by atomic mass is 9.98. The van der Waals surface area contributed by atoms with Gasteiger partial charge in [-0.1, -0.05) is 18.2 Å². The molecule has 30 heavy (non-hydrogen) atoms. The molecule has 7 heteroatoms. The lowest BCUT2D eigenvalue weighted by Crippen LogP contribution is -2.41. The van der Waals surface area contributed by atoms with Gasteiger partial charge in [0.15, 0.2) is 0 Å². The Kier molecular flexibility index (Phi) is 6.27. The maximum absolute atomic E-state index is 12.5. The fourth-order valence-corrected chi connectivity index (χ4v) is 3.53. The third-order valence-electron chi connectivity index (χ3n) is 5.43. The number of nitrogens with zero attached hydrogens (tertiary/aromatic N) is 4. The molecule has 3 aromatic rings. The number of benzene rings is 1. The zero-order valence-electron chi connectivity index (χ0n) is 17.1. The number of amides is 1. The summed E-state index contributed by atoms with van der Waals surface area (Å²) in [5, 5.41) is 0. The maximum Gasteiger partial charge on any atom is 0.415 e. The summed E-state index contributed by atoms with van der Waals surface area (Å²) in [5.41, 5.74) is 3.37. The van der Waals surface area contributed by atoms with Gasteiger partial charge in [-0.3, -0.25) is 4.98 Å². The predicted octanol–water partition coefficient (Wildman–Crippen LogP) is 3.52. The van der Waals surface area contributed by atoms with Crippen LogP contribution in [0.1, 0.15) is 29.7 Å². The lowest BCUT2D eigenvalue weighted by Gasteiger charge is -2.30. The smallest absolute Gasteiger partial charge is 0.413 e. The number of aromatic nitrogens is 3. The molecule has 0 bridgehead atoms.